The molecule has 0 atom stereocenters. The summed E-state index contributed by atoms with van der Waals surface area (Å²) < 4.78 is 26.7. The predicted octanol–water partition coefficient (Wildman–Crippen LogP) is 3.07. The second-order valence-corrected chi connectivity index (χ2v) is 6.31. The van der Waals surface area contributed by atoms with Gasteiger partial charge in [0.2, 0.25) is 10.0 Å². The number of hydrogen-bond acceptors (Lipinski definition) is 2. The van der Waals surface area contributed by atoms with Gasteiger partial charge in [-0.2, -0.15) is 0 Å². The maximum Gasteiger partial charge on any atom is 0.240 e. The Hall–Kier alpha value is -1.91. The molecule has 4 heteroatoms. The van der Waals surface area contributed by atoms with Crippen LogP contribution in [0.4, 0.5) is 0 Å². The van der Waals surface area contributed by atoms with Gasteiger partial charge in [0.25, 0.3) is 0 Å². The minimum absolute atomic E-state index is 0.285. The molecular weight excluding hydrogens is 270 g/mol. The fourth-order valence-electron chi connectivity index (χ4n) is 1.78. The first kappa shape index (κ1) is 14.5. The molecule has 20 heavy (non-hydrogen) atoms. The number of sulfonamides is 1. The zero-order chi connectivity index (χ0) is 14.4. The molecule has 0 amide bonds. The fourth-order valence-corrected chi connectivity index (χ4v) is 2.88. The van der Waals surface area contributed by atoms with Gasteiger partial charge in [-0.1, -0.05) is 60.2 Å². The highest BCUT2D eigenvalue weighted by atomic mass is 32.2. The van der Waals surface area contributed by atoms with E-state index >= 15 is 0 Å². The Morgan fingerprint density at radius 1 is 1.00 bits per heavy atom. The zero-order valence-corrected chi connectivity index (χ0v) is 12.1. The van der Waals surface area contributed by atoms with Crippen LogP contribution in [0.15, 0.2) is 71.1 Å². The third kappa shape index (κ3) is 4.05. The van der Waals surface area contributed by atoms with Crippen LogP contribution in [0.1, 0.15) is 12.5 Å². The highest BCUT2D eigenvalue weighted by Gasteiger charge is 2.12. The standard InChI is InChI=1S/C16H17NO2S/c1-14(12-15-8-4-2-5-9-15)13-17-20(18,19)16-10-6-3-7-11-16/h2-12,17H,13H2,1H3. The average Bonchev–Trinajstić information content (AvgIpc) is 2.47. The number of nitrogens with one attached hydrogen (secondary N) is 1. The number of rotatable bonds is 5. The highest BCUT2D eigenvalue weighted by molar-refractivity contribution is 7.89. The van der Waals surface area contributed by atoms with E-state index in [1.807, 2.05) is 43.3 Å². The van der Waals surface area contributed by atoms with Gasteiger partial charge in [0.1, 0.15) is 0 Å². The van der Waals surface area contributed by atoms with Crippen molar-refractivity contribution in [3.63, 3.8) is 0 Å². The lowest BCUT2D eigenvalue weighted by atomic mass is 10.1. The third-order valence-corrected chi connectivity index (χ3v) is 4.22. The molecule has 1 N–H and O–H groups in total. The Bertz CT molecular complexity index is 677. The summed E-state index contributed by atoms with van der Waals surface area (Å²) in [4.78, 5) is 0.285. The van der Waals surface area contributed by atoms with Gasteiger partial charge < -0.3 is 0 Å². The molecule has 3 nitrogen and oxygen atoms in total. The maximum atomic E-state index is 12.1. The molecule has 2 aromatic rings. The van der Waals surface area contributed by atoms with Gasteiger partial charge in [0.15, 0.2) is 0 Å². The van der Waals surface area contributed by atoms with Gasteiger partial charge in [-0.15, -0.1) is 0 Å². The summed E-state index contributed by atoms with van der Waals surface area (Å²) in [6.07, 6.45) is 1.97. The molecule has 0 aliphatic rings. The van der Waals surface area contributed by atoms with Crippen molar-refractivity contribution in [3.05, 3.63) is 71.8 Å². The van der Waals surface area contributed by atoms with Crippen LogP contribution in [0.25, 0.3) is 6.08 Å². The van der Waals surface area contributed by atoms with Crippen LogP contribution in [0.5, 0.6) is 0 Å². The first-order chi connectivity index (χ1) is 9.58. The Balaban J connectivity index is 2.04. The highest BCUT2D eigenvalue weighted by Crippen LogP contribution is 2.09. The maximum absolute atomic E-state index is 12.1. The van der Waals surface area contributed by atoms with E-state index in [1.165, 1.54) is 0 Å². The molecule has 0 bridgehead atoms. The summed E-state index contributed by atoms with van der Waals surface area (Å²) in [5, 5.41) is 0. The topological polar surface area (TPSA) is 46.2 Å². The van der Waals surface area contributed by atoms with Crippen LogP contribution in [-0.4, -0.2) is 15.0 Å². The van der Waals surface area contributed by atoms with Crippen molar-refractivity contribution >= 4 is 16.1 Å². The molecule has 0 aliphatic heterocycles. The van der Waals surface area contributed by atoms with Gasteiger partial charge >= 0.3 is 0 Å². The van der Waals surface area contributed by atoms with E-state index < -0.39 is 10.0 Å². The first-order valence-electron chi connectivity index (χ1n) is 6.35. The molecule has 2 rings (SSSR count). The summed E-state index contributed by atoms with van der Waals surface area (Å²) in [7, 11) is -3.44. The van der Waals surface area contributed by atoms with Crippen LogP contribution >= 0.6 is 0 Å². The van der Waals surface area contributed by atoms with Gasteiger partial charge in [0.05, 0.1) is 4.90 Å². The van der Waals surface area contributed by atoms with E-state index in [2.05, 4.69) is 4.72 Å². The largest absolute Gasteiger partial charge is 0.240 e. The quantitative estimate of drug-likeness (QED) is 0.918. The first-order valence-corrected chi connectivity index (χ1v) is 7.83. The van der Waals surface area contributed by atoms with E-state index in [-0.39, 0.29) is 4.90 Å². The minimum atomic E-state index is -3.44. The second kappa shape index (κ2) is 6.50. The van der Waals surface area contributed by atoms with E-state index in [0.717, 1.165) is 11.1 Å². The zero-order valence-electron chi connectivity index (χ0n) is 11.3. The van der Waals surface area contributed by atoms with Crippen molar-refractivity contribution < 1.29 is 8.42 Å². The smallest absolute Gasteiger partial charge is 0.207 e. The monoisotopic (exact) mass is 287 g/mol. The molecule has 0 heterocycles. The van der Waals surface area contributed by atoms with E-state index in [1.54, 1.807) is 30.3 Å². The Morgan fingerprint density at radius 3 is 2.15 bits per heavy atom. The molecule has 0 saturated heterocycles. The molecule has 0 radical (unpaired) electrons. The van der Waals surface area contributed by atoms with Crippen molar-refractivity contribution in [2.45, 2.75) is 11.8 Å². The lowest BCUT2D eigenvalue weighted by Crippen LogP contribution is -2.25. The van der Waals surface area contributed by atoms with Crippen LogP contribution in [0, 0.1) is 0 Å². The molecule has 0 aromatic heterocycles. The molecule has 104 valence electrons. The van der Waals surface area contributed by atoms with E-state index in [4.69, 9.17) is 0 Å². The Labute approximate surface area is 120 Å². The Morgan fingerprint density at radius 2 is 1.55 bits per heavy atom. The molecule has 0 aliphatic carbocycles. The number of benzene rings is 2. The van der Waals surface area contributed by atoms with Gasteiger partial charge in [0, 0.05) is 6.54 Å². The lowest BCUT2D eigenvalue weighted by molar-refractivity contribution is 0.585. The molecular formula is C16H17NO2S. The molecule has 0 fully saturated rings. The van der Waals surface area contributed by atoms with Crippen LogP contribution < -0.4 is 4.72 Å². The van der Waals surface area contributed by atoms with E-state index in [0.29, 0.717) is 6.54 Å². The van der Waals surface area contributed by atoms with E-state index in [9.17, 15) is 8.42 Å². The molecule has 0 unspecified atom stereocenters. The summed E-state index contributed by atoms with van der Waals surface area (Å²) >= 11 is 0. The fraction of sp³-hybridized carbons (Fsp3) is 0.125. The van der Waals surface area contributed by atoms with Crippen LogP contribution in [0.2, 0.25) is 0 Å². The van der Waals surface area contributed by atoms with Crippen molar-refractivity contribution in [1.29, 1.82) is 0 Å². The van der Waals surface area contributed by atoms with Crippen molar-refractivity contribution in [1.82, 2.24) is 4.72 Å². The normalized spacial score (nSPS) is 12.3. The van der Waals surface area contributed by atoms with Crippen molar-refractivity contribution in [2.75, 3.05) is 6.54 Å². The summed E-state index contributed by atoms with van der Waals surface area (Å²) in [5.41, 5.74) is 2.01. The van der Waals surface area contributed by atoms with Crippen LogP contribution in [0.3, 0.4) is 0 Å². The van der Waals surface area contributed by atoms with Crippen molar-refractivity contribution in [2.24, 2.45) is 0 Å². The summed E-state index contributed by atoms with van der Waals surface area (Å²) in [6.45, 7) is 2.20. The van der Waals surface area contributed by atoms with Crippen molar-refractivity contribution in [3.8, 4) is 0 Å². The Kier molecular flexibility index (Phi) is 4.71. The number of hydrogen-bond donors (Lipinski definition) is 1. The average molecular weight is 287 g/mol. The molecule has 2 aromatic carbocycles. The third-order valence-electron chi connectivity index (χ3n) is 2.81. The van der Waals surface area contributed by atoms with Crippen LogP contribution in [-0.2, 0) is 10.0 Å². The second-order valence-electron chi connectivity index (χ2n) is 4.54. The predicted molar refractivity (Wildman–Crippen MR) is 81.7 cm³/mol. The molecule has 0 spiro atoms. The van der Waals surface area contributed by atoms with Gasteiger partial charge in [-0.3, -0.25) is 0 Å². The molecule has 0 saturated carbocycles. The van der Waals surface area contributed by atoms with Gasteiger partial charge in [-0.25, -0.2) is 13.1 Å². The lowest BCUT2D eigenvalue weighted by Gasteiger charge is -2.07. The summed E-state index contributed by atoms with van der Waals surface area (Å²) in [5.74, 6) is 0. The SMILES string of the molecule is CC(=Cc1ccccc1)CNS(=O)(=O)c1ccccc1. The summed E-state index contributed by atoms with van der Waals surface area (Å²) in [6, 6.07) is 18.2. The van der Waals surface area contributed by atoms with Gasteiger partial charge in [-0.05, 0) is 24.6 Å². The minimum Gasteiger partial charge on any atom is -0.207 e.